The third-order valence-electron chi connectivity index (χ3n) is 5.64. The summed E-state index contributed by atoms with van der Waals surface area (Å²) in [6.45, 7) is 2.38. The molecule has 132 valence electrons. The van der Waals surface area contributed by atoms with Gasteiger partial charge in [-0.2, -0.15) is 0 Å². The monoisotopic (exact) mass is 347 g/mol. The summed E-state index contributed by atoms with van der Waals surface area (Å²) in [4.78, 5) is 22.6. The summed E-state index contributed by atoms with van der Waals surface area (Å²) >= 11 is 0. The molecule has 0 spiro atoms. The predicted octanol–water partition coefficient (Wildman–Crippen LogP) is 2.33. The van der Waals surface area contributed by atoms with Crippen LogP contribution in [0.2, 0.25) is 0 Å². The average Bonchev–Trinajstić information content (AvgIpc) is 3.34. The fourth-order valence-electron chi connectivity index (χ4n) is 4.00. The van der Waals surface area contributed by atoms with Crippen LogP contribution in [0.15, 0.2) is 42.9 Å². The first-order valence-corrected chi connectivity index (χ1v) is 8.97. The lowest BCUT2D eigenvalue weighted by molar-refractivity contribution is 0.324. The van der Waals surface area contributed by atoms with Crippen molar-refractivity contribution in [3.05, 3.63) is 48.7 Å². The molecular formula is C19H21N7. The molecular weight excluding hydrogens is 326 g/mol. The zero-order chi connectivity index (χ0) is 17.6. The topological polar surface area (TPSA) is 99.5 Å². The minimum atomic E-state index is -0.111. The third kappa shape index (κ3) is 2.28. The van der Waals surface area contributed by atoms with E-state index in [1.807, 2.05) is 30.5 Å². The number of H-pyrrole nitrogens is 2. The van der Waals surface area contributed by atoms with Gasteiger partial charge in [0, 0.05) is 31.2 Å². The molecule has 0 amide bonds. The second-order valence-corrected chi connectivity index (χ2v) is 7.01. The highest BCUT2D eigenvalue weighted by molar-refractivity contribution is 5.87. The smallest absolute Gasteiger partial charge is 0.142 e. The predicted molar refractivity (Wildman–Crippen MR) is 102 cm³/mol. The number of fused-ring (bicyclic) bond motifs is 2. The van der Waals surface area contributed by atoms with E-state index in [2.05, 4.69) is 30.9 Å². The number of nitrogens with zero attached hydrogens (tertiary/aromatic N) is 4. The van der Waals surface area contributed by atoms with Crippen LogP contribution < -0.4 is 10.6 Å². The zero-order valence-electron chi connectivity index (χ0n) is 14.4. The molecule has 1 saturated heterocycles. The summed E-state index contributed by atoms with van der Waals surface area (Å²) in [7, 11) is 0. The van der Waals surface area contributed by atoms with Crippen LogP contribution in [0, 0.1) is 0 Å². The SMILES string of the molecule is NCC1(c2nc3ccccc3[nH]2)CCN(c2ncnc3[nH]ccc23)CC1. The maximum absolute atomic E-state index is 6.24. The Kier molecular flexibility index (Phi) is 3.43. The summed E-state index contributed by atoms with van der Waals surface area (Å²) in [6.07, 6.45) is 5.42. The number of nitrogens with two attached hydrogens (primary N) is 1. The number of imidazole rings is 1. The molecule has 26 heavy (non-hydrogen) atoms. The Labute approximate surface area is 150 Å². The van der Waals surface area contributed by atoms with Crippen molar-refractivity contribution in [1.82, 2.24) is 24.9 Å². The van der Waals surface area contributed by atoms with Crippen molar-refractivity contribution in [3.63, 3.8) is 0 Å². The Balaban J connectivity index is 1.45. The van der Waals surface area contributed by atoms with Crippen molar-refractivity contribution in [1.29, 1.82) is 0 Å². The molecule has 1 aromatic carbocycles. The van der Waals surface area contributed by atoms with Gasteiger partial charge < -0.3 is 20.6 Å². The van der Waals surface area contributed by atoms with E-state index in [1.54, 1.807) is 6.33 Å². The van der Waals surface area contributed by atoms with Gasteiger partial charge >= 0.3 is 0 Å². The fraction of sp³-hybridized carbons (Fsp3) is 0.316. The number of hydrogen-bond donors (Lipinski definition) is 3. The Hall–Kier alpha value is -2.93. The van der Waals surface area contributed by atoms with Crippen LogP contribution >= 0.6 is 0 Å². The molecule has 0 aliphatic carbocycles. The minimum absolute atomic E-state index is 0.111. The van der Waals surface area contributed by atoms with Crippen molar-refractivity contribution >= 4 is 27.9 Å². The highest BCUT2D eigenvalue weighted by atomic mass is 15.2. The van der Waals surface area contributed by atoms with Crippen molar-refractivity contribution in [2.24, 2.45) is 5.73 Å². The van der Waals surface area contributed by atoms with Gasteiger partial charge in [-0.3, -0.25) is 0 Å². The van der Waals surface area contributed by atoms with E-state index in [1.165, 1.54) is 0 Å². The van der Waals surface area contributed by atoms with Crippen LogP contribution in [0.25, 0.3) is 22.1 Å². The molecule has 0 atom stereocenters. The van der Waals surface area contributed by atoms with Gasteiger partial charge in [0.1, 0.15) is 23.6 Å². The maximum Gasteiger partial charge on any atom is 0.142 e. The lowest BCUT2D eigenvalue weighted by Crippen LogP contribution is -2.47. The minimum Gasteiger partial charge on any atom is -0.356 e. The Morgan fingerprint density at radius 2 is 1.96 bits per heavy atom. The van der Waals surface area contributed by atoms with E-state index in [0.29, 0.717) is 6.54 Å². The van der Waals surface area contributed by atoms with E-state index >= 15 is 0 Å². The van der Waals surface area contributed by atoms with Crippen LogP contribution in [0.3, 0.4) is 0 Å². The van der Waals surface area contributed by atoms with Gasteiger partial charge in [0.15, 0.2) is 0 Å². The second kappa shape index (κ2) is 5.81. The highest BCUT2D eigenvalue weighted by Gasteiger charge is 2.38. The number of piperidine rings is 1. The number of anilines is 1. The normalized spacial score (nSPS) is 17.2. The Morgan fingerprint density at radius 1 is 1.12 bits per heavy atom. The fourth-order valence-corrected chi connectivity index (χ4v) is 4.00. The molecule has 1 aliphatic heterocycles. The number of aromatic nitrogens is 5. The van der Waals surface area contributed by atoms with Gasteiger partial charge in [-0.25, -0.2) is 15.0 Å². The largest absolute Gasteiger partial charge is 0.356 e. The number of para-hydroxylation sites is 2. The van der Waals surface area contributed by atoms with E-state index < -0.39 is 0 Å². The lowest BCUT2D eigenvalue weighted by Gasteiger charge is -2.40. The van der Waals surface area contributed by atoms with E-state index in [4.69, 9.17) is 10.7 Å². The van der Waals surface area contributed by atoms with Gasteiger partial charge in [-0.1, -0.05) is 12.1 Å². The van der Waals surface area contributed by atoms with Crippen LogP contribution in [-0.4, -0.2) is 44.6 Å². The molecule has 7 nitrogen and oxygen atoms in total. The number of nitrogens with one attached hydrogen (secondary N) is 2. The standard InChI is InChI=1S/C19H21N7/c20-11-19(18-24-14-3-1-2-4-15(14)25-18)6-9-26(10-7-19)17-13-5-8-21-16(13)22-12-23-17/h1-5,8,12H,6-7,9-11,20H2,(H,24,25)(H,21,22,23). The maximum atomic E-state index is 6.24. The van der Waals surface area contributed by atoms with Crippen molar-refractivity contribution in [3.8, 4) is 0 Å². The first-order valence-electron chi connectivity index (χ1n) is 8.97. The molecule has 7 heteroatoms. The molecule has 0 radical (unpaired) electrons. The van der Waals surface area contributed by atoms with E-state index in [9.17, 15) is 0 Å². The number of aromatic amines is 2. The zero-order valence-corrected chi connectivity index (χ0v) is 14.4. The van der Waals surface area contributed by atoms with Crippen LogP contribution in [0.4, 0.5) is 5.82 Å². The summed E-state index contributed by atoms with van der Waals surface area (Å²) in [6, 6.07) is 10.2. The molecule has 4 N–H and O–H groups in total. The Morgan fingerprint density at radius 3 is 2.77 bits per heavy atom. The molecule has 0 unspecified atom stereocenters. The molecule has 0 bridgehead atoms. The molecule has 4 heterocycles. The first-order chi connectivity index (χ1) is 12.8. The molecule has 1 aliphatic rings. The summed E-state index contributed by atoms with van der Waals surface area (Å²) in [5, 5.41) is 1.07. The summed E-state index contributed by atoms with van der Waals surface area (Å²) in [5.41, 5.74) is 9.08. The number of benzene rings is 1. The molecule has 4 aromatic rings. The van der Waals surface area contributed by atoms with E-state index in [0.717, 1.165) is 59.6 Å². The van der Waals surface area contributed by atoms with Gasteiger partial charge in [-0.15, -0.1) is 0 Å². The lowest BCUT2D eigenvalue weighted by atomic mass is 9.77. The average molecular weight is 347 g/mol. The third-order valence-corrected chi connectivity index (χ3v) is 5.64. The van der Waals surface area contributed by atoms with Crippen molar-refractivity contribution < 1.29 is 0 Å². The summed E-state index contributed by atoms with van der Waals surface area (Å²) in [5.74, 6) is 2.00. The second-order valence-electron chi connectivity index (χ2n) is 7.01. The van der Waals surface area contributed by atoms with Crippen molar-refractivity contribution in [2.75, 3.05) is 24.5 Å². The molecule has 5 rings (SSSR count). The quantitative estimate of drug-likeness (QED) is 0.528. The van der Waals surface area contributed by atoms with Gasteiger partial charge in [0.2, 0.25) is 0 Å². The van der Waals surface area contributed by atoms with Gasteiger partial charge in [0.25, 0.3) is 0 Å². The summed E-state index contributed by atoms with van der Waals surface area (Å²) < 4.78 is 0. The van der Waals surface area contributed by atoms with Crippen LogP contribution in [0.5, 0.6) is 0 Å². The first kappa shape index (κ1) is 15.3. The van der Waals surface area contributed by atoms with Crippen molar-refractivity contribution in [2.45, 2.75) is 18.3 Å². The Bertz CT molecular complexity index is 1020. The van der Waals surface area contributed by atoms with Gasteiger partial charge in [0.05, 0.1) is 16.4 Å². The highest BCUT2D eigenvalue weighted by Crippen LogP contribution is 2.36. The van der Waals surface area contributed by atoms with Crippen LogP contribution in [0.1, 0.15) is 18.7 Å². The molecule has 3 aromatic heterocycles. The number of rotatable bonds is 3. The molecule has 0 saturated carbocycles. The van der Waals surface area contributed by atoms with Crippen LogP contribution in [-0.2, 0) is 5.41 Å². The molecule has 1 fully saturated rings. The number of hydrogen-bond acceptors (Lipinski definition) is 5. The van der Waals surface area contributed by atoms with Gasteiger partial charge in [-0.05, 0) is 31.0 Å². The van der Waals surface area contributed by atoms with E-state index in [-0.39, 0.29) is 5.41 Å².